The number of sulfonamides is 1. The lowest BCUT2D eigenvalue weighted by Crippen LogP contribution is -2.53. The topological polar surface area (TPSA) is 110 Å². The standard InChI is InChI=1S/C20H18F3N3O5S/c1-13(27)31-12-19(28)26-18(20(21,22)23)11-17(14-5-3-2-4-6-14)25(26)15-7-9-16(10-8-15)32(24,29)30/h2-11,18H,12H2,1H3,(H2,24,29,30). The van der Waals surface area contributed by atoms with Gasteiger partial charge < -0.3 is 4.74 Å². The Balaban J connectivity index is 2.14. The highest BCUT2D eigenvalue weighted by atomic mass is 32.2. The molecule has 8 nitrogen and oxygen atoms in total. The van der Waals surface area contributed by atoms with Gasteiger partial charge in [-0.3, -0.25) is 9.59 Å². The lowest BCUT2D eigenvalue weighted by molar-refractivity contribution is -0.179. The van der Waals surface area contributed by atoms with Crippen LogP contribution in [0.1, 0.15) is 12.5 Å². The molecule has 2 aromatic rings. The molecule has 1 aliphatic heterocycles. The van der Waals surface area contributed by atoms with Gasteiger partial charge in [-0.05, 0) is 35.9 Å². The molecule has 0 spiro atoms. The number of anilines is 1. The van der Waals surface area contributed by atoms with Crippen molar-refractivity contribution in [3.63, 3.8) is 0 Å². The van der Waals surface area contributed by atoms with Crippen LogP contribution in [0.4, 0.5) is 18.9 Å². The number of alkyl halides is 3. The third-order valence-electron chi connectivity index (χ3n) is 4.49. The maximum Gasteiger partial charge on any atom is 0.414 e. The SMILES string of the molecule is CC(=O)OCC(=O)N1C(C(F)(F)F)C=C(c2ccccc2)N1c1ccc(S(N)(=O)=O)cc1. The van der Waals surface area contributed by atoms with Gasteiger partial charge in [-0.15, -0.1) is 0 Å². The Kier molecular flexibility index (Phi) is 6.28. The van der Waals surface area contributed by atoms with E-state index in [4.69, 9.17) is 5.14 Å². The molecule has 0 aromatic heterocycles. The van der Waals surface area contributed by atoms with Gasteiger partial charge in [0.15, 0.2) is 12.6 Å². The molecule has 1 unspecified atom stereocenters. The summed E-state index contributed by atoms with van der Waals surface area (Å²) >= 11 is 0. The predicted molar refractivity (Wildman–Crippen MR) is 108 cm³/mol. The van der Waals surface area contributed by atoms with E-state index in [-0.39, 0.29) is 16.3 Å². The number of rotatable bonds is 5. The summed E-state index contributed by atoms with van der Waals surface area (Å²) in [6.45, 7) is 0.111. The number of nitrogens with two attached hydrogens (primary N) is 1. The van der Waals surface area contributed by atoms with E-state index in [1.54, 1.807) is 30.3 Å². The number of nitrogens with zero attached hydrogens (tertiary/aromatic N) is 2. The summed E-state index contributed by atoms with van der Waals surface area (Å²) in [5.41, 5.74) is 0.475. The van der Waals surface area contributed by atoms with Crippen LogP contribution in [0, 0.1) is 0 Å². The monoisotopic (exact) mass is 469 g/mol. The van der Waals surface area contributed by atoms with Gasteiger partial charge in [-0.25, -0.2) is 23.6 Å². The first-order chi connectivity index (χ1) is 14.9. The van der Waals surface area contributed by atoms with Crippen LogP contribution in [0.15, 0.2) is 65.6 Å². The lowest BCUT2D eigenvalue weighted by Gasteiger charge is -2.36. The average molecular weight is 469 g/mol. The van der Waals surface area contributed by atoms with Crippen LogP contribution in [0.5, 0.6) is 0 Å². The Morgan fingerprint density at radius 1 is 1.06 bits per heavy atom. The van der Waals surface area contributed by atoms with E-state index in [1.165, 1.54) is 12.1 Å². The lowest BCUT2D eigenvalue weighted by atomic mass is 10.1. The number of amides is 1. The number of halogens is 3. The number of carbonyl (C=O) groups is 2. The molecule has 3 rings (SSSR count). The van der Waals surface area contributed by atoms with Crippen molar-refractivity contribution in [3.05, 3.63) is 66.2 Å². The third-order valence-corrected chi connectivity index (χ3v) is 5.42. The van der Waals surface area contributed by atoms with Gasteiger partial charge in [-0.1, -0.05) is 30.3 Å². The fourth-order valence-electron chi connectivity index (χ4n) is 3.13. The van der Waals surface area contributed by atoms with Gasteiger partial charge in [0.2, 0.25) is 10.0 Å². The Labute approximate surface area is 181 Å². The highest BCUT2D eigenvalue weighted by Crippen LogP contribution is 2.41. The zero-order valence-electron chi connectivity index (χ0n) is 16.6. The minimum atomic E-state index is -4.85. The van der Waals surface area contributed by atoms with E-state index < -0.39 is 40.7 Å². The summed E-state index contributed by atoms with van der Waals surface area (Å²) < 4.78 is 69.4. The number of hydrogen-bond donors (Lipinski definition) is 1. The van der Waals surface area contributed by atoms with E-state index >= 15 is 0 Å². The minimum absolute atomic E-state index is 0.0347. The maximum absolute atomic E-state index is 13.9. The Morgan fingerprint density at radius 2 is 1.66 bits per heavy atom. The second-order valence-corrected chi connectivity index (χ2v) is 8.34. The number of primary sulfonamides is 1. The first kappa shape index (κ1) is 23.3. The van der Waals surface area contributed by atoms with Crippen LogP contribution in [0.2, 0.25) is 0 Å². The van der Waals surface area contributed by atoms with Crippen LogP contribution < -0.4 is 10.1 Å². The molecular formula is C20H18F3N3O5S. The number of hydrazine groups is 1. The average Bonchev–Trinajstić information content (AvgIpc) is 3.13. The van der Waals surface area contributed by atoms with Gasteiger partial charge >= 0.3 is 12.1 Å². The molecule has 2 N–H and O–H groups in total. The van der Waals surface area contributed by atoms with E-state index in [1.807, 2.05) is 0 Å². The van der Waals surface area contributed by atoms with Crippen molar-refractivity contribution < 1.29 is 35.9 Å². The molecule has 2 aromatic carbocycles. The molecule has 170 valence electrons. The fraction of sp³-hybridized carbons (Fsp3) is 0.200. The molecule has 0 radical (unpaired) electrons. The summed E-state index contributed by atoms with van der Waals surface area (Å²) in [7, 11) is -4.04. The minimum Gasteiger partial charge on any atom is -0.456 e. The van der Waals surface area contributed by atoms with E-state index in [9.17, 15) is 31.2 Å². The van der Waals surface area contributed by atoms with Crippen molar-refractivity contribution in [1.82, 2.24) is 5.01 Å². The van der Waals surface area contributed by atoms with Crippen LogP contribution in [0.3, 0.4) is 0 Å². The first-order valence-electron chi connectivity index (χ1n) is 9.12. The molecular weight excluding hydrogens is 451 g/mol. The van der Waals surface area contributed by atoms with Crippen molar-refractivity contribution in [3.8, 4) is 0 Å². The van der Waals surface area contributed by atoms with Crippen LogP contribution in [0.25, 0.3) is 5.70 Å². The van der Waals surface area contributed by atoms with Gasteiger partial charge in [0.1, 0.15) is 0 Å². The fourth-order valence-corrected chi connectivity index (χ4v) is 3.64. The molecule has 32 heavy (non-hydrogen) atoms. The molecule has 0 fully saturated rings. The maximum atomic E-state index is 13.9. The molecule has 0 bridgehead atoms. The Bertz CT molecular complexity index is 1150. The second kappa shape index (κ2) is 8.63. The Hall–Kier alpha value is -3.38. The summed E-state index contributed by atoms with van der Waals surface area (Å²) in [6, 6.07) is 10.4. The summed E-state index contributed by atoms with van der Waals surface area (Å²) in [5, 5.41) is 6.52. The van der Waals surface area contributed by atoms with Crippen LogP contribution >= 0.6 is 0 Å². The zero-order chi connectivity index (χ0) is 23.7. The molecule has 1 heterocycles. The molecule has 12 heteroatoms. The van der Waals surface area contributed by atoms with Gasteiger partial charge in [0, 0.05) is 6.92 Å². The quantitative estimate of drug-likeness (QED) is 0.674. The number of benzene rings is 2. The molecule has 0 saturated heterocycles. The first-order valence-corrected chi connectivity index (χ1v) is 10.7. The number of esters is 1. The molecule has 0 saturated carbocycles. The zero-order valence-corrected chi connectivity index (χ0v) is 17.4. The van der Waals surface area contributed by atoms with Crippen molar-refractivity contribution in [2.75, 3.05) is 11.6 Å². The molecule has 0 aliphatic carbocycles. The summed E-state index contributed by atoms with van der Waals surface area (Å²) in [4.78, 5) is 23.6. The van der Waals surface area contributed by atoms with Crippen molar-refractivity contribution >= 4 is 33.3 Å². The molecule has 1 amide bonds. The van der Waals surface area contributed by atoms with Crippen LogP contribution in [-0.2, 0) is 24.3 Å². The number of hydrogen-bond acceptors (Lipinski definition) is 6. The van der Waals surface area contributed by atoms with Gasteiger partial charge in [0.25, 0.3) is 5.91 Å². The van der Waals surface area contributed by atoms with Gasteiger partial charge in [0.05, 0.1) is 16.3 Å². The van der Waals surface area contributed by atoms with Gasteiger partial charge in [-0.2, -0.15) is 13.2 Å². The number of ether oxygens (including phenoxy) is 1. The Morgan fingerprint density at radius 3 is 2.16 bits per heavy atom. The van der Waals surface area contributed by atoms with Crippen molar-refractivity contribution in [1.29, 1.82) is 0 Å². The van der Waals surface area contributed by atoms with Crippen molar-refractivity contribution in [2.24, 2.45) is 5.14 Å². The third kappa shape index (κ3) is 4.92. The van der Waals surface area contributed by atoms with E-state index in [0.29, 0.717) is 10.6 Å². The number of carbonyl (C=O) groups excluding carboxylic acids is 2. The largest absolute Gasteiger partial charge is 0.456 e. The van der Waals surface area contributed by atoms with Crippen LogP contribution in [-0.4, -0.2) is 44.1 Å². The van der Waals surface area contributed by atoms with E-state index in [0.717, 1.165) is 30.1 Å². The highest BCUT2D eigenvalue weighted by Gasteiger charge is 2.51. The summed E-state index contributed by atoms with van der Waals surface area (Å²) in [5.74, 6) is -1.96. The van der Waals surface area contributed by atoms with E-state index in [2.05, 4.69) is 4.74 Å². The second-order valence-electron chi connectivity index (χ2n) is 6.77. The molecule has 1 aliphatic rings. The normalized spacial score (nSPS) is 16.7. The molecule has 1 atom stereocenters. The smallest absolute Gasteiger partial charge is 0.414 e. The van der Waals surface area contributed by atoms with Crippen molar-refractivity contribution in [2.45, 2.75) is 24.0 Å². The summed E-state index contributed by atoms with van der Waals surface area (Å²) in [6.07, 6.45) is -3.98. The highest BCUT2D eigenvalue weighted by molar-refractivity contribution is 7.89. The predicted octanol–water partition coefficient (Wildman–Crippen LogP) is 2.43.